The Balaban J connectivity index is 2.77. The summed E-state index contributed by atoms with van der Waals surface area (Å²) in [4.78, 5) is 10.3. The zero-order valence-corrected chi connectivity index (χ0v) is 5.15. The third kappa shape index (κ3) is 1.16. The molecule has 54 valence electrons. The fourth-order valence-electron chi connectivity index (χ4n) is 0.587. The Morgan fingerprint density at radius 2 is 2.50 bits per heavy atom. The van der Waals surface area contributed by atoms with Gasteiger partial charge in [0.2, 0.25) is 0 Å². The van der Waals surface area contributed by atoms with Crippen LogP contribution in [0.1, 0.15) is 11.9 Å². The molecular weight excluding hydrogens is 134 g/mol. The van der Waals surface area contributed by atoms with Gasteiger partial charge in [0, 0.05) is 0 Å². The van der Waals surface area contributed by atoms with E-state index in [1.54, 1.807) is 6.07 Å². The fourth-order valence-corrected chi connectivity index (χ4v) is 0.587. The van der Waals surface area contributed by atoms with Crippen LogP contribution in [0, 0.1) is 0 Å². The number of furan rings is 1. The average molecular weight is 141 g/mol. The van der Waals surface area contributed by atoms with Crippen molar-refractivity contribution in [2.45, 2.75) is 6.10 Å². The van der Waals surface area contributed by atoms with Crippen molar-refractivity contribution >= 4 is 5.91 Å². The Morgan fingerprint density at radius 3 is 2.90 bits per heavy atom. The van der Waals surface area contributed by atoms with Crippen molar-refractivity contribution in [3.63, 3.8) is 0 Å². The Labute approximate surface area is 57.3 Å². The van der Waals surface area contributed by atoms with E-state index in [0.717, 1.165) is 0 Å². The van der Waals surface area contributed by atoms with Crippen molar-refractivity contribution in [1.29, 1.82) is 0 Å². The molecule has 4 nitrogen and oxygen atoms in total. The van der Waals surface area contributed by atoms with E-state index in [1.165, 1.54) is 12.3 Å². The molecule has 0 radical (unpaired) electrons. The Hall–Kier alpha value is -1.29. The number of nitrogens with two attached hydrogens (primary N) is 1. The van der Waals surface area contributed by atoms with E-state index in [9.17, 15) is 4.79 Å². The number of carbonyl (C=O) groups excluding carboxylic acids is 1. The zero-order valence-electron chi connectivity index (χ0n) is 5.15. The number of amides is 1. The lowest BCUT2D eigenvalue weighted by Gasteiger charge is -1.99. The maximum atomic E-state index is 10.3. The molecule has 0 bridgehead atoms. The second kappa shape index (κ2) is 2.53. The molecule has 0 fully saturated rings. The number of rotatable bonds is 2. The van der Waals surface area contributed by atoms with Crippen molar-refractivity contribution in [1.82, 2.24) is 0 Å². The zero-order chi connectivity index (χ0) is 7.56. The summed E-state index contributed by atoms with van der Waals surface area (Å²) in [6, 6.07) is 3.05. The minimum atomic E-state index is -1.32. The minimum absolute atomic E-state index is 0.174. The molecule has 0 aliphatic carbocycles. The fraction of sp³-hybridized carbons (Fsp3) is 0.167. The Morgan fingerprint density at radius 1 is 1.80 bits per heavy atom. The maximum Gasteiger partial charge on any atom is 0.254 e. The van der Waals surface area contributed by atoms with Crippen molar-refractivity contribution in [3.05, 3.63) is 24.2 Å². The van der Waals surface area contributed by atoms with Gasteiger partial charge in [0.25, 0.3) is 5.91 Å². The third-order valence-electron chi connectivity index (χ3n) is 1.08. The predicted molar refractivity (Wildman–Crippen MR) is 32.9 cm³/mol. The minimum Gasteiger partial charge on any atom is -0.466 e. The molecule has 3 N–H and O–H groups in total. The predicted octanol–water partition coefficient (Wildman–Crippen LogP) is -0.202. The monoisotopic (exact) mass is 141 g/mol. The molecule has 0 unspecified atom stereocenters. The van der Waals surface area contributed by atoms with Gasteiger partial charge in [-0.1, -0.05) is 0 Å². The van der Waals surface area contributed by atoms with Crippen LogP contribution >= 0.6 is 0 Å². The van der Waals surface area contributed by atoms with Crippen molar-refractivity contribution in [3.8, 4) is 0 Å². The standard InChI is InChI=1S/C6H7NO3/c7-6(9)5(8)4-2-1-3-10-4/h1-3,5,8H,(H2,7,9)/t5-/m1/s1. The number of aliphatic hydroxyl groups is 1. The molecule has 0 aliphatic rings. The lowest BCUT2D eigenvalue weighted by Crippen LogP contribution is -2.20. The van der Waals surface area contributed by atoms with E-state index in [-0.39, 0.29) is 5.76 Å². The van der Waals surface area contributed by atoms with Gasteiger partial charge in [-0.3, -0.25) is 4.79 Å². The molecule has 0 saturated heterocycles. The summed E-state index contributed by atoms with van der Waals surface area (Å²) < 4.78 is 4.71. The van der Waals surface area contributed by atoms with Crippen LogP contribution in [-0.2, 0) is 4.79 Å². The quantitative estimate of drug-likeness (QED) is 0.598. The van der Waals surface area contributed by atoms with Gasteiger partial charge < -0.3 is 15.3 Å². The van der Waals surface area contributed by atoms with Gasteiger partial charge in [0.1, 0.15) is 5.76 Å². The molecule has 1 aromatic heterocycles. The van der Waals surface area contributed by atoms with Crippen LogP contribution < -0.4 is 5.73 Å². The summed E-state index contributed by atoms with van der Waals surface area (Å²) in [5, 5.41) is 8.92. The number of carbonyl (C=O) groups is 1. The first kappa shape index (κ1) is 6.82. The van der Waals surface area contributed by atoms with Gasteiger partial charge in [0.05, 0.1) is 6.26 Å². The molecule has 1 aromatic rings. The second-order valence-corrected chi connectivity index (χ2v) is 1.82. The normalized spacial score (nSPS) is 12.9. The van der Waals surface area contributed by atoms with Crippen LogP contribution in [0.25, 0.3) is 0 Å². The van der Waals surface area contributed by atoms with Crippen LogP contribution in [0.4, 0.5) is 0 Å². The number of hydrogen-bond acceptors (Lipinski definition) is 3. The molecule has 1 heterocycles. The first-order chi connectivity index (χ1) is 4.72. The molecule has 1 rings (SSSR count). The highest BCUT2D eigenvalue weighted by atomic mass is 16.4. The van der Waals surface area contributed by atoms with Gasteiger partial charge in [-0.2, -0.15) is 0 Å². The molecule has 0 saturated carbocycles. The Kier molecular flexibility index (Phi) is 1.73. The molecular formula is C6H7NO3. The largest absolute Gasteiger partial charge is 0.466 e. The van der Waals surface area contributed by atoms with E-state index >= 15 is 0 Å². The first-order valence-corrected chi connectivity index (χ1v) is 2.72. The van der Waals surface area contributed by atoms with Crippen molar-refractivity contribution in [2.24, 2.45) is 5.73 Å². The number of aliphatic hydroxyl groups excluding tert-OH is 1. The molecule has 0 aromatic carbocycles. The van der Waals surface area contributed by atoms with E-state index in [4.69, 9.17) is 15.3 Å². The molecule has 0 spiro atoms. The summed E-state index contributed by atoms with van der Waals surface area (Å²) in [7, 11) is 0. The van der Waals surface area contributed by atoms with E-state index in [2.05, 4.69) is 0 Å². The van der Waals surface area contributed by atoms with Gasteiger partial charge in [0.15, 0.2) is 6.10 Å². The Bertz CT molecular complexity index is 217. The second-order valence-electron chi connectivity index (χ2n) is 1.82. The van der Waals surface area contributed by atoms with Crippen molar-refractivity contribution < 1.29 is 14.3 Å². The number of hydrogen-bond donors (Lipinski definition) is 2. The highest BCUT2D eigenvalue weighted by Gasteiger charge is 2.15. The van der Waals surface area contributed by atoms with Gasteiger partial charge in [-0.15, -0.1) is 0 Å². The highest BCUT2D eigenvalue weighted by molar-refractivity contribution is 5.79. The summed E-state index contributed by atoms with van der Waals surface area (Å²) >= 11 is 0. The SMILES string of the molecule is NC(=O)[C@H](O)c1ccco1. The molecule has 4 heteroatoms. The molecule has 1 amide bonds. The molecule has 1 atom stereocenters. The van der Waals surface area contributed by atoms with Crippen LogP contribution in [0.15, 0.2) is 22.8 Å². The molecule has 0 aliphatic heterocycles. The highest BCUT2D eigenvalue weighted by Crippen LogP contribution is 2.11. The van der Waals surface area contributed by atoms with Crippen LogP contribution in [0.3, 0.4) is 0 Å². The average Bonchev–Trinajstić information content (AvgIpc) is 2.36. The number of primary amides is 1. The summed E-state index contributed by atoms with van der Waals surface area (Å²) in [5.41, 5.74) is 4.78. The summed E-state index contributed by atoms with van der Waals surface area (Å²) in [5.74, 6) is -0.637. The maximum absolute atomic E-state index is 10.3. The van der Waals surface area contributed by atoms with E-state index in [0.29, 0.717) is 0 Å². The van der Waals surface area contributed by atoms with Gasteiger partial charge in [-0.05, 0) is 12.1 Å². The van der Waals surface area contributed by atoms with Crippen LogP contribution in [-0.4, -0.2) is 11.0 Å². The topological polar surface area (TPSA) is 76.5 Å². The smallest absolute Gasteiger partial charge is 0.254 e. The van der Waals surface area contributed by atoms with E-state index in [1.807, 2.05) is 0 Å². The van der Waals surface area contributed by atoms with Crippen LogP contribution in [0.2, 0.25) is 0 Å². The van der Waals surface area contributed by atoms with Crippen molar-refractivity contribution in [2.75, 3.05) is 0 Å². The van der Waals surface area contributed by atoms with Crippen LogP contribution in [0.5, 0.6) is 0 Å². The van der Waals surface area contributed by atoms with Gasteiger partial charge >= 0.3 is 0 Å². The molecule has 10 heavy (non-hydrogen) atoms. The summed E-state index contributed by atoms with van der Waals surface area (Å²) in [6.45, 7) is 0. The lowest BCUT2D eigenvalue weighted by atomic mass is 10.3. The van der Waals surface area contributed by atoms with Gasteiger partial charge in [-0.25, -0.2) is 0 Å². The summed E-state index contributed by atoms with van der Waals surface area (Å²) in [6.07, 6.45) is 0.0385. The van der Waals surface area contributed by atoms with E-state index < -0.39 is 12.0 Å². The lowest BCUT2D eigenvalue weighted by molar-refractivity contribution is -0.127. The third-order valence-corrected chi connectivity index (χ3v) is 1.08. The first-order valence-electron chi connectivity index (χ1n) is 2.72.